The van der Waals surface area contributed by atoms with Crippen LogP contribution in [0.15, 0.2) is 12.3 Å². The van der Waals surface area contributed by atoms with Gasteiger partial charge in [0.15, 0.2) is 11.5 Å². The first-order valence-corrected chi connectivity index (χ1v) is 7.76. The summed E-state index contributed by atoms with van der Waals surface area (Å²) in [6, 6.07) is 1.63. The Hall–Kier alpha value is -2.03. The first-order valence-electron chi connectivity index (χ1n) is 7.38. The average Bonchev–Trinajstić information content (AvgIpc) is 3.14. The highest BCUT2D eigenvalue weighted by atomic mass is 35.5. The summed E-state index contributed by atoms with van der Waals surface area (Å²) in [5.41, 5.74) is -0.717. The number of carbonyl (C=O) groups excluding carboxylic acids is 1. The third kappa shape index (κ3) is 3.55. The number of aromatic nitrogens is 4. The Morgan fingerprint density at radius 2 is 2.12 bits per heavy atom. The first kappa shape index (κ1) is 16.8. The molecular weight excluding hydrogens is 347 g/mol. The van der Waals surface area contributed by atoms with Crippen LogP contribution in [0.5, 0.6) is 0 Å². The highest BCUT2D eigenvalue weighted by Gasteiger charge is 2.41. The second-order valence-corrected chi connectivity index (χ2v) is 6.09. The Morgan fingerprint density at radius 3 is 2.67 bits per heavy atom. The van der Waals surface area contributed by atoms with Crippen LogP contribution in [0.4, 0.5) is 19.0 Å². The van der Waals surface area contributed by atoms with Gasteiger partial charge in [-0.3, -0.25) is 14.2 Å². The smallest absolute Gasteiger partial charge is 0.309 e. The van der Waals surface area contributed by atoms with E-state index >= 15 is 0 Å². The van der Waals surface area contributed by atoms with Crippen LogP contribution in [-0.2, 0) is 24.6 Å². The van der Waals surface area contributed by atoms with Gasteiger partial charge in [-0.2, -0.15) is 23.4 Å². The molecule has 0 aliphatic heterocycles. The van der Waals surface area contributed by atoms with Crippen molar-refractivity contribution in [3.63, 3.8) is 0 Å². The second kappa shape index (κ2) is 6.12. The number of hydrogen-bond acceptors (Lipinski definition) is 3. The van der Waals surface area contributed by atoms with Crippen molar-refractivity contribution >= 4 is 23.3 Å². The molecule has 1 fully saturated rings. The fraction of sp³-hybridized carbons (Fsp3) is 0.500. The zero-order chi connectivity index (χ0) is 17.5. The predicted molar refractivity (Wildman–Crippen MR) is 80.7 cm³/mol. The summed E-state index contributed by atoms with van der Waals surface area (Å²) in [6.45, 7) is 0.0281. The van der Waals surface area contributed by atoms with Crippen molar-refractivity contribution in [3.05, 3.63) is 28.7 Å². The maximum Gasteiger partial charge on any atom is 0.436 e. The van der Waals surface area contributed by atoms with E-state index in [2.05, 4.69) is 15.5 Å². The standard InChI is InChI=1S/C14H15ClF3N5O/c1-22-6-4-9(20-22)19-10(24)5-7-23-12(8-2-3-8)11(15)13(21-23)14(16,17)18/h4,6,8H,2-3,5,7H2,1H3,(H,19,20,24). The summed E-state index contributed by atoms with van der Waals surface area (Å²) >= 11 is 5.88. The maximum atomic E-state index is 13.0. The number of alkyl halides is 3. The zero-order valence-electron chi connectivity index (χ0n) is 12.8. The monoisotopic (exact) mass is 361 g/mol. The Kier molecular flexibility index (Phi) is 4.29. The number of aryl methyl sites for hydroxylation is 2. The molecule has 1 saturated carbocycles. The number of rotatable bonds is 5. The zero-order valence-corrected chi connectivity index (χ0v) is 13.5. The van der Waals surface area contributed by atoms with E-state index < -0.39 is 11.9 Å². The van der Waals surface area contributed by atoms with Crippen LogP contribution >= 0.6 is 11.6 Å². The van der Waals surface area contributed by atoms with Crippen molar-refractivity contribution < 1.29 is 18.0 Å². The van der Waals surface area contributed by atoms with Crippen LogP contribution in [0.2, 0.25) is 5.02 Å². The molecule has 2 aromatic heterocycles. The van der Waals surface area contributed by atoms with Crippen LogP contribution < -0.4 is 5.32 Å². The van der Waals surface area contributed by atoms with Crippen molar-refractivity contribution in [2.24, 2.45) is 7.05 Å². The molecule has 2 aromatic rings. The summed E-state index contributed by atoms with van der Waals surface area (Å²) in [7, 11) is 1.71. The molecule has 0 radical (unpaired) electrons. The minimum Gasteiger partial charge on any atom is -0.309 e. The molecule has 0 spiro atoms. The minimum atomic E-state index is -4.61. The molecule has 0 atom stereocenters. The van der Waals surface area contributed by atoms with Crippen molar-refractivity contribution in [1.29, 1.82) is 0 Å². The summed E-state index contributed by atoms with van der Waals surface area (Å²) in [5.74, 6) is 0.0231. The van der Waals surface area contributed by atoms with Gasteiger partial charge in [-0.05, 0) is 12.8 Å². The van der Waals surface area contributed by atoms with E-state index in [1.807, 2.05) is 0 Å². The lowest BCUT2D eigenvalue weighted by molar-refractivity contribution is -0.141. The number of amides is 1. The number of anilines is 1. The Morgan fingerprint density at radius 1 is 1.42 bits per heavy atom. The molecule has 2 heterocycles. The minimum absolute atomic E-state index is 0.0139. The molecule has 0 unspecified atom stereocenters. The molecule has 24 heavy (non-hydrogen) atoms. The topological polar surface area (TPSA) is 64.7 Å². The fourth-order valence-electron chi connectivity index (χ4n) is 2.45. The van der Waals surface area contributed by atoms with Gasteiger partial charge in [-0.25, -0.2) is 0 Å². The molecule has 0 bridgehead atoms. The lowest BCUT2D eigenvalue weighted by Crippen LogP contribution is -2.17. The summed E-state index contributed by atoms with van der Waals surface area (Å²) in [4.78, 5) is 11.9. The van der Waals surface area contributed by atoms with Crippen LogP contribution in [0, 0.1) is 0 Å². The van der Waals surface area contributed by atoms with E-state index in [9.17, 15) is 18.0 Å². The average molecular weight is 362 g/mol. The van der Waals surface area contributed by atoms with E-state index in [4.69, 9.17) is 11.6 Å². The van der Waals surface area contributed by atoms with Crippen molar-refractivity contribution in [2.75, 3.05) is 5.32 Å². The largest absolute Gasteiger partial charge is 0.436 e. The lowest BCUT2D eigenvalue weighted by atomic mass is 10.2. The van der Waals surface area contributed by atoms with Crippen molar-refractivity contribution in [1.82, 2.24) is 19.6 Å². The molecule has 1 aliphatic carbocycles. The first-order chi connectivity index (χ1) is 11.3. The summed E-state index contributed by atoms with van der Waals surface area (Å²) in [6.07, 6.45) is -1.40. The molecular formula is C14H15ClF3N5O. The SMILES string of the molecule is Cn1ccc(NC(=O)CCn2nc(C(F)(F)F)c(Cl)c2C2CC2)n1. The van der Waals surface area contributed by atoms with Crippen LogP contribution in [0.1, 0.15) is 36.6 Å². The van der Waals surface area contributed by atoms with E-state index in [0.29, 0.717) is 11.5 Å². The maximum absolute atomic E-state index is 13.0. The number of carbonyl (C=O) groups is 1. The van der Waals surface area contributed by atoms with Gasteiger partial charge in [0.2, 0.25) is 5.91 Å². The Labute approximate surface area is 140 Å². The quantitative estimate of drug-likeness (QED) is 0.889. The van der Waals surface area contributed by atoms with Gasteiger partial charge in [-0.1, -0.05) is 11.6 Å². The molecule has 1 aliphatic rings. The van der Waals surface area contributed by atoms with E-state index in [1.54, 1.807) is 19.3 Å². The third-order valence-electron chi connectivity index (χ3n) is 3.70. The number of halogens is 4. The van der Waals surface area contributed by atoms with Gasteiger partial charge in [0.1, 0.15) is 0 Å². The molecule has 130 valence electrons. The van der Waals surface area contributed by atoms with Gasteiger partial charge < -0.3 is 5.32 Å². The number of nitrogens with one attached hydrogen (secondary N) is 1. The van der Waals surface area contributed by atoms with Crippen molar-refractivity contribution in [2.45, 2.75) is 37.9 Å². The third-order valence-corrected chi connectivity index (χ3v) is 4.07. The van der Waals surface area contributed by atoms with E-state index in [0.717, 1.165) is 12.8 Å². The van der Waals surface area contributed by atoms with Crippen LogP contribution in [0.3, 0.4) is 0 Å². The normalized spacial score (nSPS) is 14.9. The molecule has 6 nitrogen and oxygen atoms in total. The van der Waals surface area contributed by atoms with Gasteiger partial charge >= 0.3 is 6.18 Å². The summed E-state index contributed by atoms with van der Waals surface area (Å²) in [5, 5.41) is 9.82. The van der Waals surface area contributed by atoms with E-state index in [1.165, 1.54) is 9.36 Å². The summed E-state index contributed by atoms with van der Waals surface area (Å²) < 4.78 is 41.6. The lowest BCUT2D eigenvalue weighted by Gasteiger charge is -2.07. The van der Waals surface area contributed by atoms with Gasteiger partial charge in [-0.15, -0.1) is 0 Å². The highest BCUT2D eigenvalue weighted by Crippen LogP contribution is 2.46. The number of hydrogen-bond donors (Lipinski definition) is 1. The van der Waals surface area contributed by atoms with Gasteiger partial charge in [0.25, 0.3) is 0 Å². The molecule has 1 amide bonds. The van der Waals surface area contributed by atoms with Gasteiger partial charge in [0.05, 0.1) is 17.3 Å². The van der Waals surface area contributed by atoms with Crippen LogP contribution in [0.25, 0.3) is 0 Å². The molecule has 10 heteroatoms. The molecule has 3 rings (SSSR count). The van der Waals surface area contributed by atoms with Crippen molar-refractivity contribution in [3.8, 4) is 0 Å². The predicted octanol–water partition coefficient (Wildman–Crippen LogP) is 3.20. The highest BCUT2D eigenvalue weighted by molar-refractivity contribution is 6.32. The molecule has 1 N–H and O–H groups in total. The second-order valence-electron chi connectivity index (χ2n) is 5.72. The van der Waals surface area contributed by atoms with Gasteiger partial charge in [0, 0.05) is 31.6 Å². The fourth-order valence-corrected chi connectivity index (χ4v) is 2.84. The Bertz CT molecular complexity index is 763. The van der Waals surface area contributed by atoms with E-state index in [-0.39, 0.29) is 29.8 Å². The molecule has 0 aromatic carbocycles. The number of nitrogens with zero attached hydrogens (tertiary/aromatic N) is 4. The van der Waals surface area contributed by atoms with Crippen LogP contribution in [-0.4, -0.2) is 25.5 Å². The Balaban J connectivity index is 1.71. The molecule has 0 saturated heterocycles.